The van der Waals surface area contributed by atoms with Crippen molar-refractivity contribution in [3.05, 3.63) is 66.5 Å². The molecule has 0 bridgehead atoms. The number of aliphatic hydroxyl groups is 1. The van der Waals surface area contributed by atoms with E-state index in [1.807, 2.05) is 22.6 Å². The van der Waals surface area contributed by atoms with E-state index < -0.39 is 0 Å². The average Bonchev–Trinajstić information content (AvgIpc) is 3.06. The molecule has 0 fully saturated rings. The summed E-state index contributed by atoms with van der Waals surface area (Å²) in [6.45, 7) is 0.398. The van der Waals surface area contributed by atoms with Gasteiger partial charge < -0.3 is 14.8 Å². The molecule has 1 unspecified atom stereocenters. The van der Waals surface area contributed by atoms with Gasteiger partial charge in [0.1, 0.15) is 0 Å². The smallest absolute Gasteiger partial charge is 0.251 e. The molecule has 6 heteroatoms. The monoisotopic (exact) mass is 310 g/mol. The summed E-state index contributed by atoms with van der Waals surface area (Å²) >= 11 is 0. The summed E-state index contributed by atoms with van der Waals surface area (Å²) < 4.78 is 1.84. The first-order valence-electron chi connectivity index (χ1n) is 7.47. The van der Waals surface area contributed by atoms with Crippen molar-refractivity contribution in [3.8, 4) is 0 Å². The number of pyridine rings is 2. The highest BCUT2D eigenvalue weighted by Crippen LogP contribution is 2.08. The normalized spacial score (nSPS) is 12.2. The number of fused-ring (bicyclic) bond motifs is 1. The molecular weight excluding hydrogens is 292 g/mol. The van der Waals surface area contributed by atoms with Crippen molar-refractivity contribution in [3.63, 3.8) is 0 Å². The average molecular weight is 310 g/mol. The fourth-order valence-corrected chi connectivity index (χ4v) is 2.42. The molecule has 0 aliphatic heterocycles. The maximum Gasteiger partial charge on any atom is 0.251 e. The molecule has 3 aromatic rings. The first-order chi connectivity index (χ1) is 11.3. The first-order valence-corrected chi connectivity index (χ1v) is 7.47. The molecule has 1 atom stereocenters. The number of rotatable bonds is 6. The molecule has 3 aromatic heterocycles. The van der Waals surface area contributed by atoms with E-state index in [0.717, 1.165) is 11.2 Å². The van der Waals surface area contributed by atoms with Crippen LogP contribution in [0.25, 0.3) is 5.52 Å². The van der Waals surface area contributed by atoms with Crippen LogP contribution in [0.3, 0.4) is 0 Å². The fraction of sp³-hybridized carbons (Fsp3) is 0.235. The second-order valence-corrected chi connectivity index (χ2v) is 5.43. The van der Waals surface area contributed by atoms with E-state index in [1.54, 1.807) is 37.1 Å². The minimum absolute atomic E-state index is 0.00148. The van der Waals surface area contributed by atoms with E-state index >= 15 is 0 Å². The van der Waals surface area contributed by atoms with E-state index in [-0.39, 0.29) is 18.4 Å². The van der Waals surface area contributed by atoms with E-state index in [0.29, 0.717) is 18.5 Å². The lowest BCUT2D eigenvalue weighted by molar-refractivity contribution is 0.0940. The van der Waals surface area contributed by atoms with Gasteiger partial charge in [0, 0.05) is 42.7 Å². The summed E-state index contributed by atoms with van der Waals surface area (Å²) in [7, 11) is 0. The number of carbonyl (C=O) groups excluding carboxylic acids is 1. The van der Waals surface area contributed by atoms with Gasteiger partial charge in [-0.1, -0.05) is 6.07 Å². The molecule has 0 aliphatic carbocycles. The summed E-state index contributed by atoms with van der Waals surface area (Å²) in [5, 5.41) is 12.4. The molecule has 2 N–H and O–H groups in total. The number of aliphatic hydroxyl groups excluding tert-OH is 1. The van der Waals surface area contributed by atoms with Gasteiger partial charge in [-0.15, -0.1) is 0 Å². The van der Waals surface area contributed by atoms with E-state index in [9.17, 15) is 9.90 Å². The first kappa shape index (κ1) is 15.2. The number of amides is 1. The van der Waals surface area contributed by atoms with Crippen molar-refractivity contribution in [2.75, 3.05) is 13.2 Å². The molecule has 23 heavy (non-hydrogen) atoms. The molecule has 0 saturated heterocycles. The third-order valence-corrected chi connectivity index (χ3v) is 3.71. The Hall–Kier alpha value is -2.73. The molecule has 3 heterocycles. The Morgan fingerprint density at radius 3 is 3.04 bits per heavy atom. The molecule has 3 rings (SSSR count). The standard InChI is InChI=1S/C17H18N4O2/c22-11-13(7-15-3-1-2-5-19-15)9-20-17(23)14-4-6-21-12-18-10-16(21)8-14/h1-6,8,10,12-13,22H,7,9,11H2,(H,20,23). The minimum Gasteiger partial charge on any atom is -0.396 e. The molecule has 0 radical (unpaired) electrons. The number of imidazole rings is 1. The lowest BCUT2D eigenvalue weighted by Gasteiger charge is -2.14. The van der Waals surface area contributed by atoms with E-state index in [1.165, 1.54) is 0 Å². The van der Waals surface area contributed by atoms with Crippen molar-refractivity contribution in [1.82, 2.24) is 19.7 Å². The van der Waals surface area contributed by atoms with Crippen LogP contribution in [0.2, 0.25) is 0 Å². The van der Waals surface area contributed by atoms with Gasteiger partial charge in [0.25, 0.3) is 5.91 Å². The molecule has 6 nitrogen and oxygen atoms in total. The van der Waals surface area contributed by atoms with Gasteiger partial charge in [-0.25, -0.2) is 4.98 Å². The number of carbonyl (C=O) groups is 1. The van der Waals surface area contributed by atoms with Crippen LogP contribution in [0.1, 0.15) is 16.1 Å². The number of hydrogen-bond donors (Lipinski definition) is 2. The quantitative estimate of drug-likeness (QED) is 0.719. The number of aromatic nitrogens is 3. The third kappa shape index (κ3) is 3.73. The lowest BCUT2D eigenvalue weighted by atomic mass is 10.0. The second kappa shape index (κ2) is 7.02. The molecule has 0 aromatic carbocycles. The van der Waals surface area contributed by atoms with Crippen LogP contribution in [-0.4, -0.2) is 38.5 Å². The van der Waals surface area contributed by atoms with Gasteiger partial charge in [-0.2, -0.15) is 0 Å². The fourth-order valence-electron chi connectivity index (χ4n) is 2.42. The van der Waals surface area contributed by atoms with Crippen LogP contribution in [-0.2, 0) is 6.42 Å². The zero-order valence-electron chi connectivity index (χ0n) is 12.6. The van der Waals surface area contributed by atoms with Crippen LogP contribution in [0.15, 0.2) is 55.2 Å². The maximum atomic E-state index is 12.2. The summed E-state index contributed by atoms with van der Waals surface area (Å²) in [5.74, 6) is -0.222. The summed E-state index contributed by atoms with van der Waals surface area (Å²) in [6.07, 6.45) is 7.54. The Bertz CT molecular complexity index is 785. The zero-order valence-corrected chi connectivity index (χ0v) is 12.6. The van der Waals surface area contributed by atoms with Gasteiger partial charge >= 0.3 is 0 Å². The molecular formula is C17H18N4O2. The highest BCUT2D eigenvalue weighted by atomic mass is 16.3. The Balaban J connectivity index is 1.60. The molecule has 1 amide bonds. The summed E-state index contributed by atoms with van der Waals surface area (Å²) in [6, 6.07) is 9.21. The van der Waals surface area contributed by atoms with Gasteiger partial charge in [0.05, 0.1) is 18.0 Å². The third-order valence-electron chi connectivity index (χ3n) is 3.71. The van der Waals surface area contributed by atoms with Crippen molar-refractivity contribution in [1.29, 1.82) is 0 Å². The van der Waals surface area contributed by atoms with Crippen molar-refractivity contribution in [2.45, 2.75) is 6.42 Å². The van der Waals surface area contributed by atoms with Gasteiger partial charge in [0.2, 0.25) is 0 Å². The SMILES string of the molecule is O=C(NCC(CO)Cc1ccccn1)c1ccn2cncc2c1. The van der Waals surface area contributed by atoms with E-state index in [2.05, 4.69) is 15.3 Å². The lowest BCUT2D eigenvalue weighted by Crippen LogP contribution is -2.32. The highest BCUT2D eigenvalue weighted by molar-refractivity contribution is 5.95. The number of nitrogens with zero attached hydrogens (tertiary/aromatic N) is 3. The second-order valence-electron chi connectivity index (χ2n) is 5.43. The number of nitrogens with one attached hydrogen (secondary N) is 1. The van der Waals surface area contributed by atoms with Crippen molar-refractivity contribution >= 4 is 11.4 Å². The molecule has 0 spiro atoms. The van der Waals surface area contributed by atoms with Gasteiger partial charge in [-0.05, 0) is 30.7 Å². The topological polar surface area (TPSA) is 79.5 Å². The Morgan fingerprint density at radius 1 is 1.35 bits per heavy atom. The predicted molar refractivity (Wildman–Crippen MR) is 86.0 cm³/mol. The predicted octanol–water partition coefficient (Wildman–Crippen LogP) is 1.31. The van der Waals surface area contributed by atoms with Crippen LogP contribution in [0.4, 0.5) is 0 Å². The molecule has 0 saturated carbocycles. The van der Waals surface area contributed by atoms with Crippen LogP contribution in [0.5, 0.6) is 0 Å². The van der Waals surface area contributed by atoms with Gasteiger partial charge in [-0.3, -0.25) is 9.78 Å². The minimum atomic E-state index is -0.159. The van der Waals surface area contributed by atoms with Crippen LogP contribution >= 0.6 is 0 Å². The summed E-state index contributed by atoms with van der Waals surface area (Å²) in [5.41, 5.74) is 2.35. The highest BCUT2D eigenvalue weighted by Gasteiger charge is 2.12. The number of hydrogen-bond acceptors (Lipinski definition) is 4. The molecule has 118 valence electrons. The van der Waals surface area contributed by atoms with Crippen molar-refractivity contribution < 1.29 is 9.90 Å². The zero-order chi connectivity index (χ0) is 16.1. The Labute approximate surface area is 133 Å². The van der Waals surface area contributed by atoms with Crippen LogP contribution < -0.4 is 5.32 Å². The van der Waals surface area contributed by atoms with Crippen molar-refractivity contribution in [2.24, 2.45) is 5.92 Å². The summed E-state index contributed by atoms with van der Waals surface area (Å²) in [4.78, 5) is 20.5. The maximum absolute atomic E-state index is 12.2. The molecule has 0 aliphatic rings. The largest absolute Gasteiger partial charge is 0.396 e. The van der Waals surface area contributed by atoms with Gasteiger partial charge in [0.15, 0.2) is 0 Å². The Morgan fingerprint density at radius 2 is 2.26 bits per heavy atom. The Kier molecular flexibility index (Phi) is 4.63. The van der Waals surface area contributed by atoms with E-state index in [4.69, 9.17) is 0 Å². The van der Waals surface area contributed by atoms with Crippen LogP contribution in [0, 0.1) is 5.92 Å².